The largest absolute Gasteiger partial charge is 0.375 e. The first-order valence-corrected chi connectivity index (χ1v) is 6.96. The molecule has 20 heavy (non-hydrogen) atoms. The summed E-state index contributed by atoms with van der Waals surface area (Å²) in [4.78, 5) is 0. The summed E-state index contributed by atoms with van der Waals surface area (Å²) in [5.74, 6) is -0.374. The summed E-state index contributed by atoms with van der Waals surface area (Å²) < 4.78 is 42.2. The zero-order valence-electron chi connectivity index (χ0n) is 11.3. The molecule has 0 fully saturated rings. The van der Waals surface area contributed by atoms with Crippen LogP contribution in [0.25, 0.3) is 0 Å². The molecule has 0 aliphatic heterocycles. The van der Waals surface area contributed by atoms with E-state index in [2.05, 4.69) is 5.32 Å². The van der Waals surface area contributed by atoms with Crippen molar-refractivity contribution in [3.8, 4) is 0 Å². The van der Waals surface area contributed by atoms with E-state index in [9.17, 15) is 13.2 Å². The van der Waals surface area contributed by atoms with Crippen molar-refractivity contribution in [1.82, 2.24) is 5.32 Å². The maximum Gasteiger partial charge on any atom is 0.261 e. The van der Waals surface area contributed by atoms with E-state index in [0.717, 1.165) is 13.0 Å². The van der Waals surface area contributed by atoms with Crippen LogP contribution in [0.1, 0.15) is 31.4 Å². The van der Waals surface area contributed by atoms with E-state index in [4.69, 9.17) is 16.3 Å². The van der Waals surface area contributed by atoms with E-state index in [1.165, 1.54) is 18.2 Å². The maximum atomic E-state index is 13.3. The number of hydrogen-bond donors (Lipinski definition) is 1. The monoisotopic (exact) mass is 309 g/mol. The van der Waals surface area contributed by atoms with Gasteiger partial charge in [-0.05, 0) is 43.1 Å². The third kappa shape index (κ3) is 6.11. The Morgan fingerprint density at radius 3 is 2.75 bits per heavy atom. The Balaban J connectivity index is 2.65. The number of halogens is 4. The molecule has 2 nitrogen and oxygen atoms in total. The summed E-state index contributed by atoms with van der Waals surface area (Å²) in [5.41, 5.74) is 0.626. The second kappa shape index (κ2) is 9.21. The molecule has 1 aromatic carbocycles. The van der Waals surface area contributed by atoms with Gasteiger partial charge < -0.3 is 10.1 Å². The summed E-state index contributed by atoms with van der Waals surface area (Å²) in [6.07, 6.45) is -1.12. The van der Waals surface area contributed by atoms with Crippen LogP contribution < -0.4 is 5.32 Å². The van der Waals surface area contributed by atoms with Crippen molar-refractivity contribution in [1.29, 1.82) is 0 Å². The van der Waals surface area contributed by atoms with Crippen molar-refractivity contribution in [2.75, 3.05) is 19.8 Å². The van der Waals surface area contributed by atoms with E-state index in [1.54, 1.807) is 0 Å². The molecular formula is C14H19ClF3NO. The third-order valence-corrected chi connectivity index (χ3v) is 3.11. The van der Waals surface area contributed by atoms with Gasteiger partial charge in [-0.2, -0.15) is 0 Å². The minimum atomic E-state index is -2.48. The van der Waals surface area contributed by atoms with Crippen LogP contribution in [0.5, 0.6) is 0 Å². The van der Waals surface area contributed by atoms with Crippen molar-refractivity contribution in [3.63, 3.8) is 0 Å². The fourth-order valence-corrected chi connectivity index (χ4v) is 2.09. The number of hydrogen-bond acceptors (Lipinski definition) is 2. The second-order valence-corrected chi connectivity index (χ2v) is 4.83. The molecule has 1 N–H and O–H groups in total. The van der Waals surface area contributed by atoms with E-state index in [0.29, 0.717) is 17.0 Å². The zero-order chi connectivity index (χ0) is 15.0. The fourth-order valence-electron chi connectivity index (χ4n) is 1.84. The van der Waals surface area contributed by atoms with E-state index in [-0.39, 0.29) is 18.5 Å². The summed E-state index contributed by atoms with van der Waals surface area (Å²) >= 11 is 6.07. The molecule has 0 radical (unpaired) electrons. The molecule has 0 spiro atoms. The predicted octanol–water partition coefficient (Wildman–Crippen LogP) is 4.19. The van der Waals surface area contributed by atoms with Crippen LogP contribution in [-0.4, -0.2) is 26.2 Å². The van der Waals surface area contributed by atoms with Crippen LogP contribution in [0.15, 0.2) is 18.2 Å². The molecule has 1 aromatic rings. The average molecular weight is 310 g/mol. The lowest BCUT2D eigenvalue weighted by Crippen LogP contribution is -2.24. The molecule has 0 amide bonds. The summed E-state index contributed by atoms with van der Waals surface area (Å²) in [5, 5.41) is 3.68. The van der Waals surface area contributed by atoms with Gasteiger partial charge in [-0.25, -0.2) is 13.2 Å². The van der Waals surface area contributed by atoms with E-state index < -0.39 is 13.0 Å². The normalized spacial score (nSPS) is 12.9. The van der Waals surface area contributed by atoms with Gasteiger partial charge in [0, 0.05) is 17.7 Å². The lowest BCUT2D eigenvalue weighted by molar-refractivity contribution is 0.0143. The molecule has 1 unspecified atom stereocenters. The second-order valence-electron chi connectivity index (χ2n) is 4.43. The van der Waals surface area contributed by atoms with Crippen LogP contribution in [0, 0.1) is 5.82 Å². The standard InChI is InChI=1S/C14H19ClF3NO/c1-2-6-19-13(5-7-20-9-14(17)18)11-8-10(16)3-4-12(11)15/h3-4,8,13-14,19H,2,5-7,9H2,1H3. The highest BCUT2D eigenvalue weighted by molar-refractivity contribution is 6.31. The highest BCUT2D eigenvalue weighted by Crippen LogP contribution is 2.26. The molecule has 0 aliphatic rings. The molecule has 1 atom stereocenters. The van der Waals surface area contributed by atoms with Crippen molar-refractivity contribution >= 4 is 11.6 Å². The summed E-state index contributed by atoms with van der Waals surface area (Å²) in [6, 6.07) is 3.93. The summed E-state index contributed by atoms with van der Waals surface area (Å²) in [7, 11) is 0. The van der Waals surface area contributed by atoms with Crippen LogP contribution in [0.3, 0.4) is 0 Å². The van der Waals surface area contributed by atoms with Crippen LogP contribution in [0.4, 0.5) is 13.2 Å². The highest BCUT2D eigenvalue weighted by Gasteiger charge is 2.15. The Bertz CT molecular complexity index is 404. The number of rotatable bonds is 9. The van der Waals surface area contributed by atoms with Gasteiger partial charge in [0.2, 0.25) is 0 Å². The van der Waals surface area contributed by atoms with Crippen LogP contribution in [-0.2, 0) is 4.74 Å². The molecular weight excluding hydrogens is 291 g/mol. The van der Waals surface area contributed by atoms with Crippen molar-refractivity contribution in [2.24, 2.45) is 0 Å². The van der Waals surface area contributed by atoms with Gasteiger partial charge in [0.15, 0.2) is 0 Å². The highest BCUT2D eigenvalue weighted by atomic mass is 35.5. The SMILES string of the molecule is CCCNC(CCOCC(F)F)c1cc(F)ccc1Cl. The third-order valence-electron chi connectivity index (χ3n) is 2.77. The topological polar surface area (TPSA) is 21.3 Å². The maximum absolute atomic E-state index is 13.3. The molecule has 0 heterocycles. The number of nitrogens with one attached hydrogen (secondary N) is 1. The lowest BCUT2D eigenvalue weighted by Gasteiger charge is -2.20. The molecule has 1 rings (SSSR count). The zero-order valence-corrected chi connectivity index (χ0v) is 12.1. The number of benzene rings is 1. The Morgan fingerprint density at radius 1 is 1.35 bits per heavy atom. The van der Waals surface area contributed by atoms with Crippen molar-refractivity contribution in [3.05, 3.63) is 34.6 Å². The quantitative estimate of drug-likeness (QED) is 0.691. The van der Waals surface area contributed by atoms with Gasteiger partial charge in [-0.1, -0.05) is 18.5 Å². The molecule has 0 aliphatic carbocycles. The molecule has 6 heteroatoms. The smallest absolute Gasteiger partial charge is 0.261 e. The Labute approximate surface area is 122 Å². The molecule has 0 bridgehead atoms. The minimum absolute atomic E-state index is 0.165. The first kappa shape index (κ1) is 17.3. The van der Waals surface area contributed by atoms with E-state index >= 15 is 0 Å². The average Bonchev–Trinajstić information content (AvgIpc) is 2.41. The van der Waals surface area contributed by atoms with E-state index in [1.807, 2.05) is 6.92 Å². The van der Waals surface area contributed by atoms with Gasteiger partial charge in [0.1, 0.15) is 12.4 Å². The first-order valence-electron chi connectivity index (χ1n) is 6.58. The molecule has 0 saturated heterocycles. The van der Waals surface area contributed by atoms with Gasteiger partial charge >= 0.3 is 0 Å². The number of alkyl halides is 2. The van der Waals surface area contributed by atoms with Gasteiger partial charge in [-0.15, -0.1) is 0 Å². The Morgan fingerprint density at radius 2 is 2.10 bits per heavy atom. The van der Waals surface area contributed by atoms with Gasteiger partial charge in [-0.3, -0.25) is 0 Å². The first-order chi connectivity index (χ1) is 9.54. The lowest BCUT2D eigenvalue weighted by atomic mass is 10.0. The molecule has 0 saturated carbocycles. The van der Waals surface area contributed by atoms with Crippen molar-refractivity contribution in [2.45, 2.75) is 32.2 Å². The van der Waals surface area contributed by atoms with Crippen molar-refractivity contribution < 1.29 is 17.9 Å². The molecule has 0 aromatic heterocycles. The van der Waals surface area contributed by atoms with Crippen LogP contribution in [0.2, 0.25) is 5.02 Å². The minimum Gasteiger partial charge on any atom is -0.375 e. The summed E-state index contributed by atoms with van der Waals surface area (Å²) in [6.45, 7) is 2.31. The van der Waals surface area contributed by atoms with Gasteiger partial charge in [0.05, 0.1) is 0 Å². The molecule has 114 valence electrons. The Kier molecular flexibility index (Phi) is 7.95. The van der Waals surface area contributed by atoms with Crippen LogP contribution >= 0.6 is 11.6 Å². The Hall–Kier alpha value is -0.780. The number of ether oxygens (including phenoxy) is 1. The van der Waals surface area contributed by atoms with Gasteiger partial charge in [0.25, 0.3) is 6.43 Å². The predicted molar refractivity (Wildman–Crippen MR) is 73.9 cm³/mol. The fraction of sp³-hybridized carbons (Fsp3) is 0.571.